The number of aryl methyl sites for hydroxylation is 1. The van der Waals surface area contributed by atoms with E-state index < -0.39 is 10.0 Å². The van der Waals surface area contributed by atoms with Gasteiger partial charge < -0.3 is 5.32 Å². The molecule has 0 saturated heterocycles. The number of aromatic nitrogens is 1. The first-order valence-electron chi connectivity index (χ1n) is 6.64. The summed E-state index contributed by atoms with van der Waals surface area (Å²) >= 11 is 1.44. The summed E-state index contributed by atoms with van der Waals surface area (Å²) in [6, 6.07) is 5.29. The zero-order valence-corrected chi connectivity index (χ0v) is 13.9. The predicted molar refractivity (Wildman–Crippen MR) is 86.1 cm³/mol. The Morgan fingerprint density at radius 1 is 1.33 bits per heavy atom. The lowest BCUT2D eigenvalue weighted by Gasteiger charge is -2.11. The maximum atomic E-state index is 12.5. The molecule has 0 saturated carbocycles. The summed E-state index contributed by atoms with van der Waals surface area (Å²) in [5.74, 6) is 0. The van der Waals surface area contributed by atoms with Gasteiger partial charge in [-0.2, -0.15) is 0 Å². The van der Waals surface area contributed by atoms with E-state index in [1.54, 1.807) is 29.8 Å². The minimum absolute atomic E-state index is 0.304. The molecule has 0 amide bonds. The second-order valence-electron chi connectivity index (χ2n) is 5.04. The monoisotopic (exact) mass is 325 g/mol. The van der Waals surface area contributed by atoms with E-state index in [1.165, 1.54) is 11.3 Å². The molecule has 2 N–H and O–H groups in total. The highest BCUT2D eigenvalue weighted by Gasteiger charge is 2.20. The fourth-order valence-corrected chi connectivity index (χ4v) is 4.26. The van der Waals surface area contributed by atoms with Crippen LogP contribution < -0.4 is 10.0 Å². The molecular formula is C14H19N3O2S2. The van der Waals surface area contributed by atoms with Gasteiger partial charge in [0, 0.05) is 29.4 Å². The number of pyridine rings is 1. The van der Waals surface area contributed by atoms with Crippen molar-refractivity contribution in [2.24, 2.45) is 0 Å². The molecule has 7 heteroatoms. The van der Waals surface area contributed by atoms with Gasteiger partial charge in [0.1, 0.15) is 4.90 Å². The molecule has 0 bridgehead atoms. The zero-order valence-electron chi connectivity index (χ0n) is 12.3. The van der Waals surface area contributed by atoms with Gasteiger partial charge >= 0.3 is 0 Å². The first kappa shape index (κ1) is 15.9. The summed E-state index contributed by atoms with van der Waals surface area (Å²) in [5, 5.41) is 5.04. The molecule has 0 aromatic carbocycles. The van der Waals surface area contributed by atoms with Crippen LogP contribution in [0.15, 0.2) is 34.7 Å². The summed E-state index contributed by atoms with van der Waals surface area (Å²) in [6.07, 6.45) is 1.59. The maximum absolute atomic E-state index is 12.5. The summed E-state index contributed by atoms with van der Waals surface area (Å²) in [6.45, 7) is 6.42. The van der Waals surface area contributed by atoms with Crippen LogP contribution in [0, 0.1) is 6.92 Å². The Morgan fingerprint density at radius 3 is 2.76 bits per heavy atom. The molecule has 0 radical (unpaired) electrons. The van der Waals surface area contributed by atoms with E-state index in [0.29, 0.717) is 23.2 Å². The third kappa shape index (κ3) is 4.26. The molecular weight excluding hydrogens is 306 g/mol. The summed E-state index contributed by atoms with van der Waals surface area (Å²) in [4.78, 5) is 5.19. The zero-order chi connectivity index (χ0) is 15.5. The summed E-state index contributed by atoms with van der Waals surface area (Å²) in [7, 11) is -3.57. The first-order valence-corrected chi connectivity index (χ1v) is 9.00. The van der Waals surface area contributed by atoms with E-state index in [4.69, 9.17) is 0 Å². The smallest absolute Gasteiger partial charge is 0.263 e. The molecule has 0 unspecified atom stereocenters. The lowest BCUT2D eigenvalue weighted by Crippen LogP contribution is -2.23. The number of anilines is 1. The van der Waals surface area contributed by atoms with E-state index in [2.05, 4.69) is 15.0 Å². The minimum atomic E-state index is -3.57. The van der Waals surface area contributed by atoms with E-state index in [0.717, 1.165) is 10.6 Å². The number of thiophene rings is 1. The molecule has 0 aliphatic rings. The highest BCUT2D eigenvalue weighted by Crippen LogP contribution is 2.24. The van der Waals surface area contributed by atoms with Gasteiger partial charge in [-0.25, -0.2) is 8.42 Å². The fraction of sp³-hybridized carbons (Fsp3) is 0.357. The van der Waals surface area contributed by atoms with Gasteiger partial charge in [-0.1, -0.05) is 13.8 Å². The van der Waals surface area contributed by atoms with E-state index in [-0.39, 0.29) is 0 Å². The Labute approximate surface area is 129 Å². The molecule has 2 aromatic rings. The van der Waals surface area contributed by atoms with Crippen molar-refractivity contribution in [1.82, 2.24) is 10.3 Å². The molecule has 0 spiro atoms. The second kappa shape index (κ2) is 6.55. The SMILES string of the molecule is Cc1cc(NS(=O)(=O)c2ccsc2CNC(C)C)ccn1. The van der Waals surface area contributed by atoms with Crippen molar-refractivity contribution >= 4 is 27.0 Å². The average Bonchev–Trinajstić information content (AvgIpc) is 2.85. The van der Waals surface area contributed by atoms with Gasteiger partial charge in [0.2, 0.25) is 0 Å². The van der Waals surface area contributed by atoms with Gasteiger partial charge in [-0.05, 0) is 30.5 Å². The molecule has 0 fully saturated rings. The molecule has 2 aromatic heterocycles. The maximum Gasteiger partial charge on any atom is 0.263 e. The van der Waals surface area contributed by atoms with Gasteiger partial charge in [-0.15, -0.1) is 11.3 Å². The number of nitrogens with zero attached hydrogens (tertiary/aromatic N) is 1. The van der Waals surface area contributed by atoms with Crippen LogP contribution in [0.1, 0.15) is 24.4 Å². The van der Waals surface area contributed by atoms with Crippen LogP contribution in [-0.4, -0.2) is 19.4 Å². The van der Waals surface area contributed by atoms with Crippen LogP contribution in [-0.2, 0) is 16.6 Å². The normalized spacial score (nSPS) is 11.8. The number of hydrogen-bond donors (Lipinski definition) is 2. The first-order chi connectivity index (χ1) is 9.88. The van der Waals surface area contributed by atoms with Gasteiger partial charge in [0.05, 0.1) is 5.69 Å². The molecule has 0 atom stereocenters. The van der Waals surface area contributed by atoms with E-state index in [9.17, 15) is 8.42 Å². The van der Waals surface area contributed by atoms with Crippen LogP contribution in [0.5, 0.6) is 0 Å². The fourth-order valence-electron chi connectivity index (χ4n) is 1.81. The predicted octanol–water partition coefficient (Wildman–Crippen LogP) is 2.75. The Balaban J connectivity index is 2.22. The number of sulfonamides is 1. The molecule has 21 heavy (non-hydrogen) atoms. The number of hydrogen-bond acceptors (Lipinski definition) is 5. The summed E-state index contributed by atoms with van der Waals surface area (Å²) < 4.78 is 27.6. The minimum Gasteiger partial charge on any atom is -0.310 e. The van der Waals surface area contributed by atoms with Crippen LogP contribution >= 0.6 is 11.3 Å². The standard InChI is InChI=1S/C14H19N3O2S2/c1-10(2)16-9-13-14(5-7-20-13)21(18,19)17-12-4-6-15-11(3)8-12/h4-8,10,16H,9H2,1-3H3,(H,15,17). The summed E-state index contributed by atoms with van der Waals surface area (Å²) in [5.41, 5.74) is 1.29. The van der Waals surface area contributed by atoms with Crippen LogP contribution in [0.2, 0.25) is 0 Å². The van der Waals surface area contributed by atoms with Gasteiger partial charge in [0.15, 0.2) is 0 Å². The molecule has 0 aliphatic heterocycles. The Bertz CT molecular complexity index is 709. The second-order valence-corrected chi connectivity index (χ2v) is 7.69. The van der Waals surface area contributed by atoms with Gasteiger partial charge in [0.25, 0.3) is 10.0 Å². The largest absolute Gasteiger partial charge is 0.310 e. The van der Waals surface area contributed by atoms with Crippen LogP contribution in [0.4, 0.5) is 5.69 Å². The molecule has 114 valence electrons. The van der Waals surface area contributed by atoms with Crippen LogP contribution in [0.25, 0.3) is 0 Å². The highest BCUT2D eigenvalue weighted by molar-refractivity contribution is 7.93. The van der Waals surface area contributed by atoms with Crippen molar-refractivity contribution in [3.8, 4) is 0 Å². The Hall–Kier alpha value is -1.44. The number of nitrogens with one attached hydrogen (secondary N) is 2. The van der Waals surface area contributed by atoms with Crippen molar-refractivity contribution < 1.29 is 8.42 Å². The molecule has 5 nitrogen and oxygen atoms in total. The van der Waals surface area contributed by atoms with Crippen molar-refractivity contribution in [1.29, 1.82) is 0 Å². The van der Waals surface area contributed by atoms with Crippen molar-refractivity contribution in [2.45, 2.75) is 38.3 Å². The van der Waals surface area contributed by atoms with Crippen molar-refractivity contribution in [3.05, 3.63) is 40.3 Å². The lowest BCUT2D eigenvalue weighted by atomic mass is 10.3. The average molecular weight is 325 g/mol. The van der Waals surface area contributed by atoms with E-state index in [1.807, 2.05) is 20.8 Å². The molecule has 2 rings (SSSR count). The Kier molecular flexibility index (Phi) is 4.97. The quantitative estimate of drug-likeness (QED) is 0.857. The molecule has 2 heterocycles. The van der Waals surface area contributed by atoms with Gasteiger partial charge in [-0.3, -0.25) is 9.71 Å². The third-order valence-electron chi connectivity index (χ3n) is 2.81. The third-order valence-corrected chi connectivity index (χ3v) is 5.33. The van der Waals surface area contributed by atoms with E-state index >= 15 is 0 Å². The number of rotatable bonds is 6. The van der Waals surface area contributed by atoms with Crippen LogP contribution in [0.3, 0.4) is 0 Å². The Morgan fingerprint density at radius 2 is 2.10 bits per heavy atom. The molecule has 0 aliphatic carbocycles. The van der Waals surface area contributed by atoms with Crippen molar-refractivity contribution in [2.75, 3.05) is 4.72 Å². The highest BCUT2D eigenvalue weighted by atomic mass is 32.2. The topological polar surface area (TPSA) is 71.1 Å². The lowest BCUT2D eigenvalue weighted by molar-refractivity contribution is 0.581. The van der Waals surface area contributed by atoms with Crippen molar-refractivity contribution in [3.63, 3.8) is 0 Å².